The smallest absolute Gasteiger partial charge is 0.320 e. The molecule has 1 aliphatic heterocycles. The van der Waals surface area contributed by atoms with Crippen molar-refractivity contribution in [1.82, 2.24) is 4.90 Å². The van der Waals surface area contributed by atoms with Crippen LogP contribution in [0.4, 0.5) is 0 Å². The topological polar surface area (TPSA) is 83.6 Å². The summed E-state index contributed by atoms with van der Waals surface area (Å²) < 4.78 is 0. The van der Waals surface area contributed by atoms with Gasteiger partial charge in [-0.15, -0.1) is 0 Å². The molecule has 0 radical (unpaired) electrons. The van der Waals surface area contributed by atoms with Gasteiger partial charge in [-0.2, -0.15) is 0 Å². The van der Waals surface area contributed by atoms with Gasteiger partial charge < -0.3 is 15.7 Å². The number of carboxylic acids is 1. The first-order valence-electron chi connectivity index (χ1n) is 14.1. The zero-order valence-corrected chi connectivity index (χ0v) is 24.8. The fourth-order valence-electron chi connectivity index (χ4n) is 5.64. The Kier molecular flexibility index (Phi) is 9.96. The van der Waals surface area contributed by atoms with E-state index >= 15 is 0 Å². The minimum atomic E-state index is -1.07. The summed E-state index contributed by atoms with van der Waals surface area (Å²) in [5.74, 6) is -1.07. The van der Waals surface area contributed by atoms with E-state index in [0.29, 0.717) is 12.2 Å². The molecule has 41 heavy (non-hydrogen) atoms. The standard InChI is InChI=1S/C34H36N2O3P2/c35-32(34(38)39)21-22-33(37)36-24-31(41(29-17-9-3-10-18-29)30-19-11-4-12-20-30)23-26(36)25-40(27-13-5-1-6-14-27)28-15-7-2-8-16-28/h1-20,26,31-32H,21-25,35H2,(H,38,39)/t26-,31-,32-/m0/s1. The summed E-state index contributed by atoms with van der Waals surface area (Å²) in [5, 5.41) is 14.5. The number of likely N-dealkylation sites (tertiary alicyclic amines) is 1. The Morgan fingerprint density at radius 1 is 0.756 bits per heavy atom. The predicted octanol–water partition coefficient (Wildman–Crippen LogP) is 4.41. The van der Waals surface area contributed by atoms with Crippen LogP contribution in [-0.4, -0.2) is 52.3 Å². The van der Waals surface area contributed by atoms with Crippen LogP contribution in [-0.2, 0) is 9.59 Å². The Morgan fingerprint density at radius 3 is 1.63 bits per heavy atom. The zero-order valence-electron chi connectivity index (χ0n) is 23.0. The van der Waals surface area contributed by atoms with Crippen LogP contribution in [0.25, 0.3) is 0 Å². The fraction of sp³-hybridized carbons (Fsp3) is 0.235. The number of carbonyl (C=O) groups excluding carboxylic acids is 1. The van der Waals surface area contributed by atoms with Crippen LogP contribution in [0.2, 0.25) is 0 Å². The van der Waals surface area contributed by atoms with Gasteiger partial charge in [-0.05, 0) is 56.1 Å². The lowest BCUT2D eigenvalue weighted by Crippen LogP contribution is -2.40. The average Bonchev–Trinajstić information content (AvgIpc) is 3.43. The van der Waals surface area contributed by atoms with Crippen LogP contribution >= 0.6 is 15.8 Å². The highest BCUT2D eigenvalue weighted by atomic mass is 31.1. The van der Waals surface area contributed by atoms with Gasteiger partial charge in [-0.25, -0.2) is 0 Å². The molecule has 1 aliphatic rings. The minimum Gasteiger partial charge on any atom is -0.480 e. The van der Waals surface area contributed by atoms with Crippen molar-refractivity contribution < 1.29 is 14.7 Å². The highest BCUT2D eigenvalue weighted by Crippen LogP contribution is 2.48. The zero-order chi connectivity index (χ0) is 28.6. The fourth-order valence-corrected chi connectivity index (χ4v) is 11.1. The molecule has 3 atom stereocenters. The van der Waals surface area contributed by atoms with Crippen LogP contribution in [0.5, 0.6) is 0 Å². The Morgan fingerprint density at radius 2 is 1.20 bits per heavy atom. The second kappa shape index (κ2) is 14.0. The number of nitrogens with two attached hydrogens (primary N) is 1. The van der Waals surface area contributed by atoms with Crippen LogP contribution in [0, 0.1) is 0 Å². The average molecular weight is 583 g/mol. The van der Waals surface area contributed by atoms with Crippen LogP contribution in [0.1, 0.15) is 19.3 Å². The molecule has 210 valence electrons. The van der Waals surface area contributed by atoms with Crippen molar-refractivity contribution in [1.29, 1.82) is 0 Å². The van der Waals surface area contributed by atoms with Gasteiger partial charge in [-0.1, -0.05) is 121 Å². The summed E-state index contributed by atoms with van der Waals surface area (Å²) >= 11 is 0. The summed E-state index contributed by atoms with van der Waals surface area (Å²) in [6, 6.07) is 41.6. The molecule has 1 amide bonds. The van der Waals surface area contributed by atoms with Crippen LogP contribution in [0.15, 0.2) is 121 Å². The summed E-state index contributed by atoms with van der Waals surface area (Å²) in [7, 11) is -1.40. The monoisotopic (exact) mass is 582 g/mol. The van der Waals surface area contributed by atoms with E-state index in [0.717, 1.165) is 12.6 Å². The van der Waals surface area contributed by atoms with Crippen molar-refractivity contribution >= 4 is 48.9 Å². The molecule has 3 N–H and O–H groups in total. The maximum atomic E-state index is 13.8. The number of aliphatic carboxylic acids is 1. The summed E-state index contributed by atoms with van der Waals surface area (Å²) in [4.78, 5) is 27.2. The minimum absolute atomic E-state index is 0.00125. The Balaban J connectivity index is 1.49. The van der Waals surface area contributed by atoms with Gasteiger partial charge in [0.25, 0.3) is 0 Å². The van der Waals surface area contributed by atoms with Crippen molar-refractivity contribution in [2.24, 2.45) is 5.73 Å². The predicted molar refractivity (Wildman–Crippen MR) is 172 cm³/mol. The highest BCUT2D eigenvalue weighted by molar-refractivity contribution is 7.74. The first-order chi connectivity index (χ1) is 20.0. The number of amides is 1. The van der Waals surface area contributed by atoms with E-state index < -0.39 is 27.9 Å². The van der Waals surface area contributed by atoms with Gasteiger partial charge in [0.1, 0.15) is 6.04 Å². The number of nitrogens with zero attached hydrogens (tertiary/aromatic N) is 1. The maximum Gasteiger partial charge on any atom is 0.320 e. The third-order valence-electron chi connectivity index (χ3n) is 7.66. The van der Waals surface area contributed by atoms with Crippen LogP contribution < -0.4 is 27.0 Å². The SMILES string of the molecule is N[C@@H](CCC(=O)N1C[C@@H](P(c2ccccc2)c2ccccc2)C[C@H]1CP(c1ccccc1)c1ccccc1)C(=O)O. The van der Waals surface area contributed by atoms with Crippen molar-refractivity contribution in [3.63, 3.8) is 0 Å². The molecule has 1 fully saturated rings. The van der Waals surface area contributed by atoms with Crippen molar-refractivity contribution in [2.75, 3.05) is 12.7 Å². The van der Waals surface area contributed by atoms with Gasteiger partial charge >= 0.3 is 5.97 Å². The van der Waals surface area contributed by atoms with Gasteiger partial charge in [0.2, 0.25) is 5.91 Å². The van der Waals surface area contributed by atoms with Crippen molar-refractivity contribution in [3.8, 4) is 0 Å². The van der Waals surface area contributed by atoms with Crippen molar-refractivity contribution in [2.45, 2.75) is 37.0 Å². The molecule has 0 unspecified atom stereocenters. The lowest BCUT2D eigenvalue weighted by Gasteiger charge is -2.29. The normalized spacial score (nSPS) is 17.6. The molecule has 0 bridgehead atoms. The summed E-state index contributed by atoms with van der Waals surface area (Å²) in [6.45, 7) is 0.661. The molecule has 0 spiro atoms. The quantitative estimate of drug-likeness (QED) is 0.257. The number of benzene rings is 4. The molecule has 0 aromatic heterocycles. The second-order valence-electron chi connectivity index (χ2n) is 10.4. The third-order valence-corrected chi connectivity index (χ3v) is 13.1. The van der Waals surface area contributed by atoms with Gasteiger partial charge in [-0.3, -0.25) is 9.59 Å². The summed E-state index contributed by atoms with van der Waals surface area (Å²) in [5.41, 5.74) is 6.09. The molecule has 0 saturated carbocycles. The van der Waals surface area contributed by atoms with E-state index in [2.05, 4.69) is 102 Å². The molecule has 4 aromatic rings. The van der Waals surface area contributed by atoms with E-state index in [-0.39, 0.29) is 24.8 Å². The lowest BCUT2D eigenvalue weighted by molar-refractivity contribution is -0.139. The number of hydrogen-bond acceptors (Lipinski definition) is 3. The van der Waals surface area contributed by atoms with Gasteiger partial charge in [0, 0.05) is 24.7 Å². The largest absolute Gasteiger partial charge is 0.480 e. The second-order valence-corrected chi connectivity index (χ2v) is 15.2. The molecular weight excluding hydrogens is 546 g/mol. The van der Waals surface area contributed by atoms with Crippen LogP contribution in [0.3, 0.4) is 0 Å². The van der Waals surface area contributed by atoms with Gasteiger partial charge in [0.05, 0.1) is 0 Å². The first kappa shape index (κ1) is 29.1. The molecule has 5 rings (SSSR count). The highest BCUT2D eigenvalue weighted by Gasteiger charge is 2.41. The molecule has 5 nitrogen and oxygen atoms in total. The van der Waals surface area contributed by atoms with Crippen molar-refractivity contribution in [3.05, 3.63) is 121 Å². The van der Waals surface area contributed by atoms with E-state index in [1.165, 1.54) is 21.2 Å². The Labute approximate surface area is 244 Å². The molecule has 0 aliphatic carbocycles. The van der Waals surface area contributed by atoms with E-state index in [4.69, 9.17) is 5.73 Å². The van der Waals surface area contributed by atoms with Gasteiger partial charge in [0.15, 0.2) is 0 Å². The maximum absolute atomic E-state index is 13.8. The molecule has 1 saturated heterocycles. The Hall–Kier alpha value is -3.36. The molecular formula is C34H36N2O3P2. The van der Waals surface area contributed by atoms with E-state index in [1.54, 1.807) is 0 Å². The number of carboxylic acid groups (broad SMARTS) is 1. The Bertz CT molecular complexity index is 1330. The molecule has 4 aromatic carbocycles. The first-order valence-corrected chi connectivity index (χ1v) is 17.0. The van der Waals surface area contributed by atoms with E-state index in [9.17, 15) is 14.7 Å². The number of rotatable bonds is 11. The molecule has 1 heterocycles. The van der Waals surface area contributed by atoms with E-state index in [1.807, 2.05) is 24.3 Å². The summed E-state index contributed by atoms with van der Waals surface area (Å²) in [6.07, 6.45) is 2.05. The number of hydrogen-bond donors (Lipinski definition) is 2. The molecule has 7 heteroatoms. The lowest BCUT2D eigenvalue weighted by atomic mass is 10.1. The number of carbonyl (C=O) groups is 2. The third kappa shape index (κ3) is 7.29.